The summed E-state index contributed by atoms with van der Waals surface area (Å²) in [5.41, 5.74) is 2.48. The van der Waals surface area contributed by atoms with Crippen molar-refractivity contribution in [3.8, 4) is 0 Å². The smallest absolute Gasteiger partial charge is 0.226 e. The number of pyridine rings is 1. The molecule has 1 N–H and O–H groups in total. The van der Waals surface area contributed by atoms with Crippen LogP contribution >= 0.6 is 0 Å². The van der Waals surface area contributed by atoms with Crippen LogP contribution in [0.5, 0.6) is 0 Å². The van der Waals surface area contributed by atoms with Crippen molar-refractivity contribution < 1.29 is 26.3 Å². The number of halogens is 1. The first kappa shape index (κ1) is 17.4. The highest BCUT2D eigenvalue weighted by Crippen LogP contribution is 1.98. The minimum absolute atomic E-state index is 0. The van der Waals surface area contributed by atoms with Gasteiger partial charge in [0, 0.05) is 18.7 Å². The summed E-state index contributed by atoms with van der Waals surface area (Å²) >= 11 is 0. The number of hydrogen-bond acceptors (Lipinski definition) is 1. The number of hydrogen-bond donors (Lipinski definition) is 1. The number of carbonyl (C=O) groups excluding carboxylic acids is 1. The molecule has 112 valence electrons. The monoisotopic (exact) mass is 348 g/mol. The zero-order chi connectivity index (χ0) is 14.2. The topological polar surface area (TPSA) is 33.0 Å². The Kier molecular flexibility index (Phi) is 7.69. The van der Waals surface area contributed by atoms with Gasteiger partial charge in [0.2, 0.25) is 5.91 Å². The second-order valence-corrected chi connectivity index (χ2v) is 4.95. The van der Waals surface area contributed by atoms with Crippen molar-refractivity contribution in [3.63, 3.8) is 0 Å². The molecule has 0 aliphatic heterocycles. The Morgan fingerprint density at radius 3 is 2.43 bits per heavy atom. The maximum Gasteiger partial charge on any atom is 0.226 e. The van der Waals surface area contributed by atoms with Crippen LogP contribution < -0.4 is 26.9 Å². The maximum atomic E-state index is 11.7. The van der Waals surface area contributed by atoms with Crippen LogP contribution in [0.4, 0.5) is 0 Å². The van der Waals surface area contributed by atoms with E-state index in [2.05, 4.69) is 24.4 Å². The average Bonchev–Trinajstić information content (AvgIpc) is 2.48. The predicted octanol–water partition coefficient (Wildman–Crippen LogP) is -0.964. The molecule has 0 fully saturated rings. The summed E-state index contributed by atoms with van der Waals surface area (Å²) in [7, 11) is 0. The molecule has 0 bridgehead atoms. The summed E-state index contributed by atoms with van der Waals surface area (Å²) in [6.07, 6.45) is 5.41. The first-order valence-corrected chi connectivity index (χ1v) is 7.00. The fraction of sp³-hybridized carbons (Fsp3) is 0.294. The van der Waals surface area contributed by atoms with Crippen molar-refractivity contribution in [2.24, 2.45) is 0 Å². The molecule has 0 atom stereocenters. The molecular formula is C17H21BrN2O. The molecule has 21 heavy (non-hydrogen) atoms. The molecule has 4 heteroatoms. The van der Waals surface area contributed by atoms with Gasteiger partial charge in [0.25, 0.3) is 0 Å². The summed E-state index contributed by atoms with van der Waals surface area (Å²) in [5, 5.41) is 2.96. The van der Waals surface area contributed by atoms with Crippen LogP contribution in [0.25, 0.3) is 0 Å². The summed E-state index contributed by atoms with van der Waals surface area (Å²) in [6, 6.07) is 14.3. The Bertz CT molecular complexity index is 540. The lowest BCUT2D eigenvalue weighted by atomic mass is 10.1. The van der Waals surface area contributed by atoms with Gasteiger partial charge in [0.15, 0.2) is 18.9 Å². The summed E-state index contributed by atoms with van der Waals surface area (Å²) in [6.45, 7) is 3.47. The van der Waals surface area contributed by atoms with Crippen molar-refractivity contribution in [1.82, 2.24) is 5.32 Å². The molecular weight excluding hydrogens is 328 g/mol. The van der Waals surface area contributed by atoms with E-state index in [1.807, 2.05) is 47.3 Å². The van der Waals surface area contributed by atoms with E-state index >= 15 is 0 Å². The van der Waals surface area contributed by atoms with Crippen LogP contribution in [0.15, 0.2) is 54.9 Å². The highest BCUT2D eigenvalue weighted by Gasteiger charge is 2.05. The standard InChI is InChI=1S/C17H20N2O.BrH/c1-15-8-12-19(13-9-15)14-10-17(20)18-11-7-16-5-3-2-4-6-16;/h2-6,8-9,12-13H,7,10-11,14H2,1H3;1H. The number of rotatable bonds is 6. The Balaban J connectivity index is 0.00000220. The summed E-state index contributed by atoms with van der Waals surface area (Å²) in [4.78, 5) is 11.7. The summed E-state index contributed by atoms with van der Waals surface area (Å²) in [5.74, 6) is 0.106. The van der Waals surface area contributed by atoms with Gasteiger partial charge in [-0.05, 0) is 24.5 Å². The normalized spacial score (nSPS) is 9.76. The van der Waals surface area contributed by atoms with Gasteiger partial charge < -0.3 is 22.3 Å². The van der Waals surface area contributed by atoms with Gasteiger partial charge in [0.1, 0.15) is 0 Å². The van der Waals surface area contributed by atoms with E-state index in [4.69, 9.17) is 0 Å². The van der Waals surface area contributed by atoms with E-state index < -0.39 is 0 Å². The molecule has 2 rings (SSSR count). The predicted molar refractivity (Wildman–Crippen MR) is 79.1 cm³/mol. The first-order valence-electron chi connectivity index (χ1n) is 7.00. The van der Waals surface area contributed by atoms with Gasteiger partial charge in [-0.15, -0.1) is 0 Å². The Labute approximate surface area is 136 Å². The summed E-state index contributed by atoms with van der Waals surface area (Å²) < 4.78 is 2.03. The van der Waals surface area contributed by atoms with Gasteiger partial charge in [-0.3, -0.25) is 4.79 Å². The van der Waals surface area contributed by atoms with Crippen LogP contribution in [0.1, 0.15) is 17.5 Å². The van der Waals surface area contributed by atoms with E-state index in [1.165, 1.54) is 11.1 Å². The Morgan fingerprint density at radius 2 is 1.76 bits per heavy atom. The number of aryl methyl sites for hydroxylation is 2. The molecule has 0 saturated heterocycles. The van der Waals surface area contributed by atoms with E-state index in [0.29, 0.717) is 13.0 Å². The molecule has 0 aliphatic rings. The van der Waals surface area contributed by atoms with Gasteiger partial charge in [-0.2, -0.15) is 0 Å². The van der Waals surface area contributed by atoms with E-state index in [-0.39, 0.29) is 22.9 Å². The van der Waals surface area contributed by atoms with Crippen LogP contribution in [-0.2, 0) is 17.8 Å². The van der Waals surface area contributed by atoms with Crippen LogP contribution in [0.2, 0.25) is 0 Å². The molecule has 1 aromatic carbocycles. The molecule has 0 spiro atoms. The second kappa shape index (κ2) is 9.29. The highest BCUT2D eigenvalue weighted by atomic mass is 79.9. The zero-order valence-corrected chi connectivity index (χ0v) is 13.8. The van der Waals surface area contributed by atoms with E-state index in [1.54, 1.807) is 0 Å². The third-order valence-electron chi connectivity index (χ3n) is 3.23. The lowest BCUT2D eigenvalue weighted by Crippen LogP contribution is -3.00. The molecule has 1 heterocycles. The highest BCUT2D eigenvalue weighted by molar-refractivity contribution is 5.75. The minimum Gasteiger partial charge on any atom is -1.00 e. The van der Waals surface area contributed by atoms with Crippen molar-refractivity contribution in [3.05, 3.63) is 66.0 Å². The maximum absolute atomic E-state index is 11.7. The molecule has 2 aromatic rings. The third kappa shape index (κ3) is 6.54. The lowest BCUT2D eigenvalue weighted by molar-refractivity contribution is -0.695. The first-order chi connectivity index (χ1) is 9.74. The lowest BCUT2D eigenvalue weighted by Gasteiger charge is -2.04. The fourth-order valence-electron chi connectivity index (χ4n) is 1.99. The van der Waals surface area contributed by atoms with Gasteiger partial charge >= 0.3 is 0 Å². The molecule has 3 nitrogen and oxygen atoms in total. The van der Waals surface area contributed by atoms with Crippen molar-refractivity contribution >= 4 is 5.91 Å². The van der Waals surface area contributed by atoms with E-state index in [9.17, 15) is 4.79 Å². The van der Waals surface area contributed by atoms with Crippen molar-refractivity contribution in [1.29, 1.82) is 0 Å². The largest absolute Gasteiger partial charge is 1.00 e. The fourth-order valence-corrected chi connectivity index (χ4v) is 1.99. The SMILES string of the molecule is Cc1cc[n+](CCC(=O)NCCc2ccccc2)cc1.[Br-]. The molecule has 1 aromatic heterocycles. The van der Waals surface area contributed by atoms with Gasteiger partial charge in [-0.25, -0.2) is 4.57 Å². The van der Waals surface area contributed by atoms with Crippen LogP contribution in [-0.4, -0.2) is 12.5 Å². The zero-order valence-electron chi connectivity index (χ0n) is 12.3. The molecule has 0 radical (unpaired) electrons. The number of carbonyl (C=O) groups is 1. The molecule has 0 saturated carbocycles. The minimum atomic E-state index is 0. The number of nitrogens with zero attached hydrogens (tertiary/aromatic N) is 1. The number of benzene rings is 1. The van der Waals surface area contributed by atoms with Crippen molar-refractivity contribution in [2.45, 2.75) is 26.3 Å². The molecule has 1 amide bonds. The van der Waals surface area contributed by atoms with Crippen LogP contribution in [0.3, 0.4) is 0 Å². The van der Waals surface area contributed by atoms with Crippen molar-refractivity contribution in [2.75, 3.05) is 6.54 Å². The van der Waals surface area contributed by atoms with Crippen LogP contribution in [0, 0.1) is 6.92 Å². The molecule has 0 aliphatic carbocycles. The number of nitrogens with one attached hydrogen (secondary N) is 1. The average molecular weight is 349 g/mol. The second-order valence-electron chi connectivity index (χ2n) is 4.95. The Hall–Kier alpha value is -1.68. The van der Waals surface area contributed by atoms with Gasteiger partial charge in [-0.1, -0.05) is 30.3 Å². The third-order valence-corrected chi connectivity index (χ3v) is 3.23. The Morgan fingerprint density at radius 1 is 1.10 bits per heavy atom. The number of aromatic nitrogens is 1. The quantitative estimate of drug-likeness (QED) is 0.670. The molecule has 0 unspecified atom stereocenters. The van der Waals surface area contributed by atoms with E-state index in [0.717, 1.165) is 13.0 Å². The van der Waals surface area contributed by atoms with Gasteiger partial charge in [0.05, 0.1) is 6.42 Å². The number of amides is 1.